The van der Waals surface area contributed by atoms with Crippen LogP contribution in [0.5, 0.6) is 0 Å². The van der Waals surface area contributed by atoms with E-state index in [0.29, 0.717) is 0 Å². The Morgan fingerprint density at radius 3 is 2.56 bits per heavy atom. The Bertz CT molecular complexity index is 743. The lowest BCUT2D eigenvalue weighted by molar-refractivity contribution is 0.579. The molecule has 0 N–H and O–H groups in total. The van der Waals surface area contributed by atoms with Gasteiger partial charge >= 0.3 is 0 Å². The summed E-state index contributed by atoms with van der Waals surface area (Å²) in [5.41, 5.74) is 2.35. The van der Waals surface area contributed by atoms with E-state index in [1.54, 1.807) is 0 Å². The Morgan fingerprint density at radius 1 is 1.17 bits per heavy atom. The Labute approximate surface area is 112 Å². The van der Waals surface area contributed by atoms with Crippen LogP contribution in [-0.2, 0) is 0 Å². The van der Waals surface area contributed by atoms with Crippen molar-refractivity contribution in [3.8, 4) is 0 Å². The van der Waals surface area contributed by atoms with E-state index >= 15 is 0 Å². The van der Waals surface area contributed by atoms with Crippen molar-refractivity contribution in [2.24, 2.45) is 0 Å². The van der Waals surface area contributed by atoms with Crippen molar-refractivity contribution < 1.29 is 4.42 Å². The molecule has 0 radical (unpaired) electrons. The van der Waals surface area contributed by atoms with Crippen LogP contribution in [0.1, 0.15) is 11.3 Å². The monoisotopic (exact) mass is 274 g/mol. The molecule has 3 heteroatoms. The topological polar surface area (TPSA) is 13.1 Å². The van der Waals surface area contributed by atoms with Crippen molar-refractivity contribution in [3.63, 3.8) is 0 Å². The van der Waals surface area contributed by atoms with Crippen LogP contribution in [0.25, 0.3) is 21.1 Å². The second kappa shape index (κ2) is 3.72. The highest BCUT2D eigenvalue weighted by Crippen LogP contribution is 2.34. The summed E-state index contributed by atoms with van der Waals surface area (Å²) in [5.74, 6) is 1.12. The molecule has 18 heavy (non-hydrogen) atoms. The van der Waals surface area contributed by atoms with Gasteiger partial charge in [-0.2, -0.15) is 0 Å². The molecule has 0 bridgehead atoms. The standard InChI is InChI=1S/C15H18OSSi/c1-9-8-12-11(6-7-17-12)13-14(9)16-10(2)15(13)18(3,4)5/h6-8H,1-5H3. The van der Waals surface area contributed by atoms with Crippen molar-refractivity contribution in [1.29, 1.82) is 0 Å². The second-order valence-electron chi connectivity index (χ2n) is 6.01. The molecule has 0 amide bonds. The maximum atomic E-state index is 6.07. The number of hydrogen-bond acceptors (Lipinski definition) is 2. The first kappa shape index (κ1) is 12.0. The third-order valence-corrected chi connectivity index (χ3v) is 6.47. The van der Waals surface area contributed by atoms with Crippen molar-refractivity contribution in [3.05, 3.63) is 28.8 Å². The molecule has 0 fully saturated rings. The molecule has 1 nitrogen and oxygen atoms in total. The summed E-state index contributed by atoms with van der Waals surface area (Å²) in [6.07, 6.45) is 0. The molecular formula is C15H18OSSi. The average Bonchev–Trinajstić information content (AvgIpc) is 2.79. The minimum absolute atomic E-state index is 1.09. The Morgan fingerprint density at radius 2 is 1.89 bits per heavy atom. The number of fused-ring (bicyclic) bond motifs is 3. The number of aryl methyl sites for hydroxylation is 2. The first-order valence-corrected chi connectivity index (χ1v) is 10.7. The fourth-order valence-corrected chi connectivity index (χ4v) is 5.88. The predicted molar refractivity (Wildman–Crippen MR) is 84.1 cm³/mol. The summed E-state index contributed by atoms with van der Waals surface area (Å²) in [6.45, 7) is 11.4. The van der Waals surface area contributed by atoms with Crippen molar-refractivity contribution in [2.75, 3.05) is 0 Å². The molecule has 0 atom stereocenters. The Balaban J connectivity index is 2.60. The molecule has 0 saturated carbocycles. The van der Waals surface area contributed by atoms with Gasteiger partial charge in [-0.3, -0.25) is 0 Å². The zero-order valence-corrected chi connectivity index (χ0v) is 13.4. The lowest BCUT2D eigenvalue weighted by atomic mass is 10.1. The number of hydrogen-bond donors (Lipinski definition) is 0. The van der Waals surface area contributed by atoms with Crippen LogP contribution in [0, 0.1) is 13.8 Å². The molecule has 0 unspecified atom stereocenters. The van der Waals surface area contributed by atoms with Crippen LogP contribution >= 0.6 is 11.3 Å². The van der Waals surface area contributed by atoms with Crippen molar-refractivity contribution >= 4 is 45.7 Å². The third kappa shape index (κ3) is 1.57. The molecule has 2 heterocycles. The predicted octanol–water partition coefficient (Wildman–Crippen LogP) is 4.81. The van der Waals surface area contributed by atoms with Gasteiger partial charge in [0.15, 0.2) is 0 Å². The molecule has 0 aliphatic rings. The molecule has 0 aliphatic heterocycles. The molecular weight excluding hydrogens is 256 g/mol. The normalized spacial score (nSPS) is 12.7. The first-order chi connectivity index (χ1) is 8.39. The molecule has 0 spiro atoms. The number of benzene rings is 1. The van der Waals surface area contributed by atoms with Crippen LogP contribution < -0.4 is 5.19 Å². The van der Waals surface area contributed by atoms with Gasteiger partial charge in [-0.25, -0.2) is 0 Å². The molecule has 3 aromatic rings. The number of thiophene rings is 1. The lowest BCUT2D eigenvalue weighted by Crippen LogP contribution is -2.38. The van der Waals surface area contributed by atoms with Gasteiger partial charge in [-0.15, -0.1) is 11.3 Å². The maximum absolute atomic E-state index is 6.07. The summed E-state index contributed by atoms with van der Waals surface area (Å²) in [5, 5.41) is 6.42. The van der Waals surface area contributed by atoms with E-state index in [9.17, 15) is 0 Å². The highest BCUT2D eigenvalue weighted by atomic mass is 32.1. The summed E-state index contributed by atoms with van der Waals surface area (Å²) in [6, 6.07) is 4.49. The van der Waals surface area contributed by atoms with Crippen molar-refractivity contribution in [2.45, 2.75) is 33.5 Å². The van der Waals surface area contributed by atoms with Gasteiger partial charge in [0, 0.05) is 15.5 Å². The third-order valence-electron chi connectivity index (χ3n) is 3.50. The Kier molecular flexibility index (Phi) is 2.48. The highest BCUT2D eigenvalue weighted by molar-refractivity contribution is 7.17. The van der Waals surface area contributed by atoms with Crippen LogP contribution in [0.4, 0.5) is 0 Å². The van der Waals surface area contributed by atoms with Crippen LogP contribution in [-0.4, -0.2) is 8.07 Å². The zero-order valence-electron chi connectivity index (χ0n) is 11.5. The van der Waals surface area contributed by atoms with Crippen LogP contribution in [0.3, 0.4) is 0 Å². The fraction of sp³-hybridized carbons (Fsp3) is 0.333. The summed E-state index contributed by atoms with van der Waals surface area (Å²) in [7, 11) is -1.39. The van der Waals surface area contributed by atoms with E-state index < -0.39 is 8.07 Å². The highest BCUT2D eigenvalue weighted by Gasteiger charge is 2.27. The largest absolute Gasteiger partial charge is 0.461 e. The van der Waals surface area contributed by atoms with Gasteiger partial charge in [0.1, 0.15) is 11.3 Å². The summed E-state index contributed by atoms with van der Waals surface area (Å²) >= 11 is 1.82. The zero-order chi connectivity index (χ0) is 13.1. The van der Waals surface area contributed by atoms with Gasteiger partial charge in [0.25, 0.3) is 0 Å². The molecule has 2 aromatic heterocycles. The van der Waals surface area contributed by atoms with E-state index in [1.807, 2.05) is 11.3 Å². The van der Waals surface area contributed by atoms with Gasteiger partial charge in [-0.1, -0.05) is 19.6 Å². The Hall–Kier alpha value is -1.06. The van der Waals surface area contributed by atoms with E-state index in [4.69, 9.17) is 4.42 Å². The first-order valence-electron chi connectivity index (χ1n) is 6.30. The van der Waals surface area contributed by atoms with Crippen LogP contribution in [0.2, 0.25) is 19.6 Å². The quantitative estimate of drug-likeness (QED) is 0.580. The fourth-order valence-electron chi connectivity index (χ4n) is 2.88. The molecule has 94 valence electrons. The number of rotatable bonds is 1. The average molecular weight is 274 g/mol. The number of furan rings is 1. The SMILES string of the molecule is Cc1oc2c(C)cc3sccc3c2c1[Si](C)(C)C. The second-order valence-corrected chi connectivity index (χ2v) is 12.0. The van der Waals surface area contributed by atoms with Crippen molar-refractivity contribution in [1.82, 2.24) is 0 Å². The maximum Gasteiger partial charge on any atom is 0.137 e. The summed E-state index contributed by atoms with van der Waals surface area (Å²) in [4.78, 5) is 0. The van der Waals surface area contributed by atoms with E-state index in [1.165, 1.54) is 26.2 Å². The van der Waals surface area contributed by atoms with Gasteiger partial charge < -0.3 is 4.42 Å². The van der Waals surface area contributed by atoms with E-state index in [0.717, 1.165) is 11.3 Å². The smallest absolute Gasteiger partial charge is 0.137 e. The summed E-state index contributed by atoms with van der Waals surface area (Å²) < 4.78 is 7.45. The minimum Gasteiger partial charge on any atom is -0.461 e. The molecule has 3 rings (SSSR count). The molecule has 0 aliphatic carbocycles. The van der Waals surface area contributed by atoms with Crippen LogP contribution in [0.15, 0.2) is 21.9 Å². The lowest BCUT2D eigenvalue weighted by Gasteiger charge is -2.16. The molecule has 1 aromatic carbocycles. The van der Waals surface area contributed by atoms with E-state index in [-0.39, 0.29) is 0 Å². The van der Waals surface area contributed by atoms with E-state index in [2.05, 4.69) is 51.0 Å². The molecule has 0 saturated heterocycles. The van der Waals surface area contributed by atoms with Gasteiger partial charge in [0.05, 0.1) is 8.07 Å². The van der Waals surface area contributed by atoms with Gasteiger partial charge in [-0.05, 0) is 42.1 Å². The minimum atomic E-state index is -1.39. The van der Waals surface area contributed by atoms with Gasteiger partial charge in [0.2, 0.25) is 0 Å².